The van der Waals surface area contributed by atoms with E-state index in [0.717, 1.165) is 0 Å². The fraction of sp³-hybridized carbons (Fsp3) is 0.0909. The molecule has 0 unspecified atom stereocenters. The van der Waals surface area contributed by atoms with Gasteiger partial charge in [-0.2, -0.15) is 0 Å². The number of aromatic nitrogens is 2. The highest BCUT2D eigenvalue weighted by molar-refractivity contribution is 6.32. The largest absolute Gasteiger partial charge is 0.495 e. The Hall–Kier alpha value is -3.16. The minimum atomic E-state index is -0.729. The van der Waals surface area contributed by atoms with Gasteiger partial charge in [-0.25, -0.2) is 8.78 Å². The van der Waals surface area contributed by atoms with Crippen molar-refractivity contribution in [2.75, 3.05) is 12.4 Å². The predicted molar refractivity (Wildman–Crippen MR) is 115 cm³/mol. The average molecular weight is 462 g/mol. The highest BCUT2D eigenvalue weighted by Crippen LogP contribution is 2.35. The molecule has 0 aliphatic rings. The number of hydrogen-bond acceptors (Lipinski definition) is 5. The van der Waals surface area contributed by atoms with E-state index < -0.39 is 17.7 Å². The van der Waals surface area contributed by atoms with Gasteiger partial charge in [-0.3, -0.25) is 0 Å². The first-order chi connectivity index (χ1) is 14.9. The zero-order valence-corrected chi connectivity index (χ0v) is 17.6. The summed E-state index contributed by atoms with van der Waals surface area (Å²) in [6.07, 6.45) is 0. The summed E-state index contributed by atoms with van der Waals surface area (Å²) in [7, 11) is 1.52. The summed E-state index contributed by atoms with van der Waals surface area (Å²) in [5.41, 5.74) is 1.54. The van der Waals surface area contributed by atoms with Gasteiger partial charge in [0.1, 0.15) is 23.4 Å². The summed E-state index contributed by atoms with van der Waals surface area (Å²) in [6, 6.07) is 14.2. The summed E-state index contributed by atoms with van der Waals surface area (Å²) >= 11 is 12.5. The van der Waals surface area contributed by atoms with Gasteiger partial charge in [0.05, 0.1) is 12.1 Å². The number of halogens is 4. The molecule has 4 rings (SSSR count). The molecule has 1 heterocycles. The molecule has 0 saturated heterocycles. The van der Waals surface area contributed by atoms with E-state index in [4.69, 9.17) is 32.4 Å². The molecule has 0 saturated carbocycles. The second kappa shape index (κ2) is 8.91. The molecule has 158 valence electrons. The maximum absolute atomic E-state index is 13.6. The zero-order chi connectivity index (χ0) is 22.0. The molecule has 0 aliphatic carbocycles. The van der Waals surface area contributed by atoms with Crippen molar-refractivity contribution in [3.05, 3.63) is 93.8 Å². The second-order valence-electron chi connectivity index (χ2n) is 6.55. The molecular weight excluding hydrogens is 447 g/mol. The lowest BCUT2D eigenvalue weighted by molar-refractivity contribution is 0.415. The van der Waals surface area contributed by atoms with Crippen LogP contribution in [0.4, 0.5) is 14.5 Å². The molecule has 1 atom stereocenters. The van der Waals surface area contributed by atoms with Gasteiger partial charge in [-0.1, -0.05) is 35.3 Å². The molecule has 3 aromatic carbocycles. The molecule has 0 bridgehead atoms. The third-order valence-corrected chi connectivity index (χ3v) is 5.12. The monoisotopic (exact) mass is 461 g/mol. The first kappa shape index (κ1) is 21.1. The van der Waals surface area contributed by atoms with Crippen molar-refractivity contribution in [3.63, 3.8) is 0 Å². The van der Waals surface area contributed by atoms with Crippen molar-refractivity contribution in [2.45, 2.75) is 6.04 Å². The molecule has 0 radical (unpaired) electrons. The SMILES string of the molecule is COc1ccc(N[C@@H](c2nnc(-c3cccc(F)c3)o2)c2ccc(F)cc2Cl)cc1Cl. The summed E-state index contributed by atoms with van der Waals surface area (Å²) in [4.78, 5) is 0. The van der Waals surface area contributed by atoms with Crippen LogP contribution in [-0.2, 0) is 0 Å². The molecule has 1 aromatic heterocycles. The van der Waals surface area contributed by atoms with Gasteiger partial charge in [-0.15, -0.1) is 10.2 Å². The smallest absolute Gasteiger partial charge is 0.247 e. The van der Waals surface area contributed by atoms with E-state index in [9.17, 15) is 8.78 Å². The van der Waals surface area contributed by atoms with Crippen molar-refractivity contribution in [2.24, 2.45) is 0 Å². The van der Waals surface area contributed by atoms with Crippen LogP contribution in [0.2, 0.25) is 10.0 Å². The van der Waals surface area contributed by atoms with Crippen LogP contribution in [0.1, 0.15) is 17.5 Å². The Morgan fingerprint density at radius 3 is 2.45 bits per heavy atom. The van der Waals surface area contributed by atoms with E-state index in [1.807, 2.05) is 0 Å². The van der Waals surface area contributed by atoms with E-state index in [-0.39, 0.29) is 16.8 Å². The quantitative estimate of drug-likeness (QED) is 0.353. The lowest BCUT2D eigenvalue weighted by Gasteiger charge is -2.19. The topological polar surface area (TPSA) is 60.2 Å². The van der Waals surface area contributed by atoms with Crippen LogP contribution in [0.25, 0.3) is 11.5 Å². The molecule has 9 heteroatoms. The molecular formula is C22H15Cl2F2N3O2. The van der Waals surface area contributed by atoms with Gasteiger partial charge in [0, 0.05) is 21.8 Å². The molecule has 5 nitrogen and oxygen atoms in total. The Balaban J connectivity index is 1.75. The molecule has 0 spiro atoms. The van der Waals surface area contributed by atoms with Gasteiger partial charge < -0.3 is 14.5 Å². The molecule has 0 fully saturated rings. The average Bonchev–Trinajstić information content (AvgIpc) is 3.23. The Morgan fingerprint density at radius 2 is 1.74 bits per heavy atom. The van der Waals surface area contributed by atoms with Crippen LogP contribution in [0.5, 0.6) is 5.75 Å². The highest BCUT2D eigenvalue weighted by atomic mass is 35.5. The summed E-state index contributed by atoms with van der Waals surface area (Å²) in [5, 5.41) is 11.9. The Morgan fingerprint density at radius 1 is 0.935 bits per heavy atom. The van der Waals surface area contributed by atoms with Crippen LogP contribution in [-0.4, -0.2) is 17.3 Å². The van der Waals surface area contributed by atoms with Crippen LogP contribution >= 0.6 is 23.2 Å². The maximum Gasteiger partial charge on any atom is 0.247 e. The number of benzene rings is 3. The minimum Gasteiger partial charge on any atom is -0.495 e. The van der Waals surface area contributed by atoms with E-state index >= 15 is 0 Å². The Bertz CT molecular complexity index is 1230. The second-order valence-corrected chi connectivity index (χ2v) is 7.36. The van der Waals surface area contributed by atoms with Crippen LogP contribution < -0.4 is 10.1 Å². The van der Waals surface area contributed by atoms with Crippen LogP contribution in [0.15, 0.2) is 65.1 Å². The van der Waals surface area contributed by atoms with Crippen molar-refractivity contribution < 1.29 is 17.9 Å². The van der Waals surface area contributed by atoms with Gasteiger partial charge in [0.15, 0.2) is 0 Å². The van der Waals surface area contributed by atoms with Gasteiger partial charge >= 0.3 is 0 Å². The summed E-state index contributed by atoms with van der Waals surface area (Å²) in [6.45, 7) is 0. The zero-order valence-electron chi connectivity index (χ0n) is 16.1. The van der Waals surface area contributed by atoms with E-state index in [1.165, 1.54) is 37.4 Å². The number of nitrogens with zero attached hydrogens (tertiary/aromatic N) is 2. The lowest BCUT2D eigenvalue weighted by atomic mass is 10.1. The van der Waals surface area contributed by atoms with Crippen LogP contribution in [0, 0.1) is 11.6 Å². The number of ether oxygens (including phenoxy) is 1. The highest BCUT2D eigenvalue weighted by Gasteiger charge is 2.24. The fourth-order valence-corrected chi connectivity index (χ4v) is 3.55. The van der Waals surface area contributed by atoms with Gasteiger partial charge in [-0.05, 0) is 48.5 Å². The lowest BCUT2D eigenvalue weighted by Crippen LogP contribution is -2.13. The van der Waals surface area contributed by atoms with E-state index in [1.54, 1.807) is 30.3 Å². The van der Waals surface area contributed by atoms with E-state index in [2.05, 4.69) is 15.5 Å². The molecule has 0 amide bonds. The fourth-order valence-electron chi connectivity index (χ4n) is 3.02. The van der Waals surface area contributed by atoms with Gasteiger partial charge in [0.25, 0.3) is 0 Å². The third kappa shape index (κ3) is 4.62. The number of nitrogens with one attached hydrogen (secondary N) is 1. The Labute approximate surface area is 186 Å². The normalized spacial score (nSPS) is 11.9. The standard InChI is InChI=1S/C22H15Cl2F2N3O2/c1-30-19-8-6-15(11-18(19)24)27-20(16-7-5-14(26)10-17(16)23)22-29-28-21(31-22)12-3-2-4-13(25)9-12/h2-11,20,27H,1H3/t20-/m1/s1. The minimum absolute atomic E-state index is 0.132. The summed E-state index contributed by atoms with van der Waals surface area (Å²) in [5.74, 6) is -0.117. The summed E-state index contributed by atoms with van der Waals surface area (Å²) < 4.78 is 38.2. The number of anilines is 1. The Kier molecular flexibility index (Phi) is 6.06. The van der Waals surface area contributed by atoms with Gasteiger partial charge in [0.2, 0.25) is 11.8 Å². The number of methoxy groups -OCH3 is 1. The molecule has 0 aliphatic heterocycles. The number of rotatable bonds is 6. The number of hydrogen-bond donors (Lipinski definition) is 1. The predicted octanol–water partition coefficient (Wildman–Crippen LogP) is 6.53. The third-order valence-electron chi connectivity index (χ3n) is 4.50. The molecule has 1 N–H and O–H groups in total. The molecule has 31 heavy (non-hydrogen) atoms. The van der Waals surface area contributed by atoms with E-state index in [0.29, 0.717) is 27.6 Å². The molecule has 4 aromatic rings. The first-order valence-electron chi connectivity index (χ1n) is 9.09. The first-order valence-corrected chi connectivity index (χ1v) is 9.84. The van der Waals surface area contributed by atoms with Crippen molar-refractivity contribution in [3.8, 4) is 17.2 Å². The van der Waals surface area contributed by atoms with Crippen molar-refractivity contribution >= 4 is 28.9 Å². The maximum atomic E-state index is 13.6. The van der Waals surface area contributed by atoms with Crippen molar-refractivity contribution in [1.82, 2.24) is 10.2 Å². The van der Waals surface area contributed by atoms with Crippen LogP contribution in [0.3, 0.4) is 0 Å². The van der Waals surface area contributed by atoms with Crippen molar-refractivity contribution in [1.29, 1.82) is 0 Å².